The first-order chi connectivity index (χ1) is 12.3. The lowest BCUT2D eigenvalue weighted by Gasteiger charge is -2.14. The standard InChI is InChI=1S/C23H17NO/c24-21-13-12-15-6-1-4-9-18(15)23(21)25-22-11-5-10-19-17-8-3-2-7-16(17)14-20(19)22/h1-13H,14,24H2. The van der Waals surface area contributed by atoms with Crippen LogP contribution < -0.4 is 10.5 Å². The summed E-state index contributed by atoms with van der Waals surface area (Å²) >= 11 is 0. The van der Waals surface area contributed by atoms with Gasteiger partial charge in [-0.3, -0.25) is 0 Å². The monoisotopic (exact) mass is 323 g/mol. The summed E-state index contributed by atoms with van der Waals surface area (Å²) in [6.07, 6.45) is 0.895. The summed E-state index contributed by atoms with van der Waals surface area (Å²) in [4.78, 5) is 0. The summed E-state index contributed by atoms with van der Waals surface area (Å²) < 4.78 is 6.37. The van der Waals surface area contributed by atoms with Gasteiger partial charge in [0, 0.05) is 17.4 Å². The van der Waals surface area contributed by atoms with Crippen LogP contribution in [0.2, 0.25) is 0 Å². The molecular weight excluding hydrogens is 306 g/mol. The first-order valence-electron chi connectivity index (χ1n) is 8.46. The molecule has 4 aromatic carbocycles. The Bertz CT molecular complexity index is 1110. The van der Waals surface area contributed by atoms with Crippen molar-refractivity contribution in [2.24, 2.45) is 0 Å². The third kappa shape index (κ3) is 2.18. The highest BCUT2D eigenvalue weighted by atomic mass is 16.5. The van der Waals surface area contributed by atoms with E-state index in [0.29, 0.717) is 5.69 Å². The lowest BCUT2D eigenvalue weighted by atomic mass is 10.1. The molecule has 120 valence electrons. The van der Waals surface area contributed by atoms with Crippen molar-refractivity contribution < 1.29 is 4.74 Å². The molecule has 0 amide bonds. The molecule has 25 heavy (non-hydrogen) atoms. The van der Waals surface area contributed by atoms with Gasteiger partial charge in [-0.2, -0.15) is 0 Å². The highest BCUT2D eigenvalue weighted by Gasteiger charge is 2.22. The second-order valence-electron chi connectivity index (χ2n) is 6.42. The largest absolute Gasteiger partial charge is 0.454 e. The molecule has 0 unspecified atom stereocenters. The molecule has 0 atom stereocenters. The van der Waals surface area contributed by atoms with Crippen LogP contribution >= 0.6 is 0 Å². The van der Waals surface area contributed by atoms with Gasteiger partial charge in [-0.25, -0.2) is 0 Å². The number of hydrogen-bond donors (Lipinski definition) is 1. The molecule has 1 aliphatic carbocycles. The Labute approximate surface area is 146 Å². The maximum absolute atomic E-state index is 6.37. The molecule has 0 spiro atoms. The Morgan fingerprint density at radius 2 is 1.52 bits per heavy atom. The lowest BCUT2D eigenvalue weighted by molar-refractivity contribution is 0.486. The molecule has 0 heterocycles. The van der Waals surface area contributed by atoms with E-state index < -0.39 is 0 Å². The first kappa shape index (κ1) is 14.1. The Morgan fingerprint density at radius 3 is 2.48 bits per heavy atom. The Hall–Kier alpha value is -3.26. The molecule has 0 saturated carbocycles. The van der Waals surface area contributed by atoms with Crippen LogP contribution in [0.4, 0.5) is 5.69 Å². The molecule has 2 nitrogen and oxygen atoms in total. The van der Waals surface area contributed by atoms with Crippen molar-refractivity contribution in [1.29, 1.82) is 0 Å². The Kier molecular flexibility index (Phi) is 3.04. The highest BCUT2D eigenvalue weighted by molar-refractivity contribution is 5.93. The van der Waals surface area contributed by atoms with Gasteiger partial charge in [0.1, 0.15) is 5.75 Å². The van der Waals surface area contributed by atoms with Gasteiger partial charge in [-0.15, -0.1) is 0 Å². The fourth-order valence-corrected chi connectivity index (χ4v) is 3.71. The average Bonchev–Trinajstić information content (AvgIpc) is 3.04. The van der Waals surface area contributed by atoms with Crippen LogP contribution in [-0.4, -0.2) is 0 Å². The number of anilines is 1. The van der Waals surface area contributed by atoms with E-state index in [4.69, 9.17) is 10.5 Å². The first-order valence-corrected chi connectivity index (χ1v) is 8.46. The van der Waals surface area contributed by atoms with Gasteiger partial charge in [-0.05, 0) is 34.2 Å². The minimum Gasteiger partial charge on any atom is -0.454 e. The summed E-state index contributed by atoms with van der Waals surface area (Å²) in [5.41, 5.74) is 12.0. The molecule has 0 saturated heterocycles. The maximum Gasteiger partial charge on any atom is 0.158 e. The van der Waals surface area contributed by atoms with E-state index >= 15 is 0 Å². The molecule has 2 N–H and O–H groups in total. The molecule has 4 aromatic rings. The minimum atomic E-state index is 0.659. The molecule has 0 bridgehead atoms. The number of nitrogens with two attached hydrogens (primary N) is 1. The Morgan fingerprint density at radius 1 is 0.720 bits per heavy atom. The van der Waals surface area contributed by atoms with Crippen molar-refractivity contribution in [1.82, 2.24) is 0 Å². The molecule has 0 radical (unpaired) electrons. The van der Waals surface area contributed by atoms with Crippen LogP contribution in [0.1, 0.15) is 11.1 Å². The molecule has 0 fully saturated rings. The molecular formula is C23H17NO. The summed E-state index contributed by atoms with van der Waals surface area (Å²) in [6, 6.07) is 26.9. The number of benzene rings is 4. The fourth-order valence-electron chi connectivity index (χ4n) is 3.71. The number of ether oxygens (including phenoxy) is 1. The van der Waals surface area contributed by atoms with E-state index in [1.807, 2.05) is 30.3 Å². The SMILES string of the molecule is Nc1ccc2ccccc2c1Oc1cccc2c1Cc1ccccc1-2. The van der Waals surface area contributed by atoms with Gasteiger partial charge in [0.15, 0.2) is 5.75 Å². The van der Waals surface area contributed by atoms with Crippen LogP contribution in [0.3, 0.4) is 0 Å². The van der Waals surface area contributed by atoms with Crippen LogP contribution in [0.25, 0.3) is 21.9 Å². The molecule has 1 aliphatic rings. The zero-order valence-electron chi connectivity index (χ0n) is 13.7. The zero-order chi connectivity index (χ0) is 16.8. The lowest BCUT2D eigenvalue weighted by Crippen LogP contribution is -1.96. The molecule has 0 aliphatic heterocycles. The van der Waals surface area contributed by atoms with Crippen molar-refractivity contribution in [2.75, 3.05) is 5.73 Å². The summed E-state index contributed by atoms with van der Waals surface area (Å²) in [5, 5.41) is 2.16. The number of rotatable bonds is 2. The van der Waals surface area contributed by atoms with E-state index in [1.54, 1.807) is 0 Å². The third-order valence-corrected chi connectivity index (χ3v) is 4.93. The molecule has 2 heteroatoms. The second-order valence-corrected chi connectivity index (χ2v) is 6.42. The van der Waals surface area contributed by atoms with Crippen molar-refractivity contribution in [2.45, 2.75) is 6.42 Å². The van der Waals surface area contributed by atoms with E-state index in [1.165, 1.54) is 22.3 Å². The second kappa shape index (κ2) is 5.38. The van der Waals surface area contributed by atoms with Gasteiger partial charge in [0.25, 0.3) is 0 Å². The number of nitrogen functional groups attached to an aromatic ring is 1. The van der Waals surface area contributed by atoms with E-state index in [0.717, 1.165) is 28.7 Å². The van der Waals surface area contributed by atoms with Crippen molar-refractivity contribution in [3.8, 4) is 22.6 Å². The van der Waals surface area contributed by atoms with Gasteiger partial charge in [0.05, 0.1) is 5.69 Å². The van der Waals surface area contributed by atoms with Gasteiger partial charge in [-0.1, -0.05) is 66.7 Å². The topological polar surface area (TPSA) is 35.2 Å². The van der Waals surface area contributed by atoms with Gasteiger partial charge < -0.3 is 10.5 Å². The predicted octanol–water partition coefficient (Wildman–Crippen LogP) is 5.79. The van der Waals surface area contributed by atoms with Crippen LogP contribution in [-0.2, 0) is 6.42 Å². The van der Waals surface area contributed by atoms with Crippen LogP contribution in [0.15, 0.2) is 78.9 Å². The fraction of sp³-hybridized carbons (Fsp3) is 0.0435. The molecule has 0 aromatic heterocycles. The van der Waals surface area contributed by atoms with Crippen molar-refractivity contribution in [3.63, 3.8) is 0 Å². The summed E-state index contributed by atoms with van der Waals surface area (Å²) in [5.74, 6) is 1.62. The zero-order valence-corrected chi connectivity index (χ0v) is 13.7. The molecule has 5 rings (SSSR count). The minimum absolute atomic E-state index is 0.659. The highest BCUT2D eigenvalue weighted by Crippen LogP contribution is 2.44. The van der Waals surface area contributed by atoms with Crippen molar-refractivity contribution in [3.05, 3.63) is 90.0 Å². The summed E-state index contributed by atoms with van der Waals surface area (Å²) in [7, 11) is 0. The van der Waals surface area contributed by atoms with Crippen LogP contribution in [0, 0.1) is 0 Å². The van der Waals surface area contributed by atoms with E-state index in [-0.39, 0.29) is 0 Å². The smallest absolute Gasteiger partial charge is 0.158 e. The predicted molar refractivity (Wildman–Crippen MR) is 103 cm³/mol. The Balaban J connectivity index is 1.65. The number of fused-ring (bicyclic) bond motifs is 4. The normalized spacial score (nSPS) is 12.0. The van der Waals surface area contributed by atoms with E-state index in [9.17, 15) is 0 Å². The number of hydrogen-bond acceptors (Lipinski definition) is 2. The third-order valence-electron chi connectivity index (χ3n) is 4.93. The van der Waals surface area contributed by atoms with Gasteiger partial charge in [0.2, 0.25) is 0 Å². The average molecular weight is 323 g/mol. The van der Waals surface area contributed by atoms with E-state index in [2.05, 4.69) is 48.5 Å². The van der Waals surface area contributed by atoms with Crippen molar-refractivity contribution >= 4 is 16.5 Å². The van der Waals surface area contributed by atoms with Crippen LogP contribution in [0.5, 0.6) is 11.5 Å². The quantitative estimate of drug-likeness (QED) is 0.418. The maximum atomic E-state index is 6.37. The van der Waals surface area contributed by atoms with Gasteiger partial charge >= 0.3 is 0 Å². The summed E-state index contributed by atoms with van der Waals surface area (Å²) in [6.45, 7) is 0.